The van der Waals surface area contributed by atoms with E-state index in [0.29, 0.717) is 0 Å². The molecule has 38 heavy (non-hydrogen) atoms. The average molecular weight is 491 g/mol. The van der Waals surface area contributed by atoms with Crippen LogP contribution in [0.2, 0.25) is 0 Å². The Kier molecular flexibility index (Phi) is 4.08. The van der Waals surface area contributed by atoms with Gasteiger partial charge in [0, 0.05) is 0 Å². The van der Waals surface area contributed by atoms with Crippen molar-refractivity contribution in [2.24, 2.45) is 11.8 Å². The molecule has 3 nitrogen and oxygen atoms in total. The highest BCUT2D eigenvalue weighted by Gasteiger charge is 2.79. The maximum Gasteiger partial charge on any atom is 0.164 e. The minimum Gasteiger partial charge on any atom is -0.297 e. The third kappa shape index (κ3) is 2.21. The molecule has 8 rings (SSSR count). The third-order valence-electron chi connectivity index (χ3n) is 9.19. The van der Waals surface area contributed by atoms with Gasteiger partial charge in [-0.2, -0.15) is 0 Å². The molecular weight excluding hydrogens is 468 g/mol. The molecular formula is C35H22O3. The van der Waals surface area contributed by atoms with Gasteiger partial charge in [-0.05, 0) is 56.0 Å². The smallest absolute Gasteiger partial charge is 0.164 e. The second kappa shape index (κ2) is 7.23. The highest BCUT2D eigenvalue weighted by molar-refractivity contribution is 6.29. The highest BCUT2D eigenvalue weighted by Crippen LogP contribution is 2.71. The largest absolute Gasteiger partial charge is 0.297 e. The zero-order chi connectivity index (χ0) is 25.6. The van der Waals surface area contributed by atoms with E-state index in [2.05, 4.69) is 24.3 Å². The van der Waals surface area contributed by atoms with Gasteiger partial charge in [-0.25, -0.2) is 0 Å². The summed E-state index contributed by atoms with van der Waals surface area (Å²) in [5, 5.41) is 4.01. The fourth-order valence-electron chi connectivity index (χ4n) is 8.03. The molecule has 3 aliphatic rings. The lowest BCUT2D eigenvalue weighted by Gasteiger charge is -2.43. The number of ketones is 3. The zero-order valence-corrected chi connectivity index (χ0v) is 20.4. The highest BCUT2D eigenvalue weighted by atomic mass is 16.2. The Morgan fingerprint density at radius 1 is 0.421 bits per heavy atom. The summed E-state index contributed by atoms with van der Waals surface area (Å²) in [4.78, 5) is 43.3. The first-order valence-corrected chi connectivity index (χ1v) is 13.0. The maximum absolute atomic E-state index is 15.5. The molecule has 3 aliphatic carbocycles. The second-order valence-corrected chi connectivity index (χ2v) is 10.6. The summed E-state index contributed by atoms with van der Waals surface area (Å²) in [5.74, 6) is -2.02. The summed E-state index contributed by atoms with van der Waals surface area (Å²) in [6.45, 7) is 0. The monoisotopic (exact) mass is 490 g/mol. The van der Waals surface area contributed by atoms with Gasteiger partial charge >= 0.3 is 0 Å². The van der Waals surface area contributed by atoms with E-state index in [1.807, 2.05) is 84.9 Å². The molecule has 3 heteroatoms. The minimum absolute atomic E-state index is 0.0701. The molecule has 0 amide bonds. The minimum atomic E-state index is -1.28. The normalized spacial score (nSPS) is 27.2. The molecule has 180 valence electrons. The van der Waals surface area contributed by atoms with E-state index in [1.165, 1.54) is 12.2 Å². The predicted molar refractivity (Wildman–Crippen MR) is 147 cm³/mol. The topological polar surface area (TPSA) is 51.2 Å². The molecule has 0 aromatic heterocycles. The predicted octanol–water partition coefficient (Wildman–Crippen LogP) is 6.10. The van der Waals surface area contributed by atoms with Crippen molar-refractivity contribution >= 4 is 38.9 Å². The summed E-state index contributed by atoms with van der Waals surface area (Å²) in [6, 6.07) is 35.6. The van der Waals surface area contributed by atoms with Gasteiger partial charge < -0.3 is 0 Å². The summed E-state index contributed by atoms with van der Waals surface area (Å²) in [7, 11) is 0. The second-order valence-electron chi connectivity index (χ2n) is 10.6. The maximum atomic E-state index is 15.5. The van der Waals surface area contributed by atoms with Crippen LogP contribution in [-0.2, 0) is 25.2 Å². The van der Waals surface area contributed by atoms with Crippen molar-refractivity contribution in [1.82, 2.24) is 0 Å². The van der Waals surface area contributed by atoms with E-state index in [1.54, 1.807) is 0 Å². The lowest BCUT2D eigenvalue weighted by molar-refractivity contribution is -0.130. The van der Waals surface area contributed by atoms with Crippen molar-refractivity contribution in [2.45, 2.75) is 10.8 Å². The van der Waals surface area contributed by atoms with E-state index >= 15 is 4.79 Å². The molecule has 0 spiro atoms. The summed E-state index contributed by atoms with van der Waals surface area (Å²) in [6.07, 6.45) is 2.79. The Morgan fingerprint density at radius 3 is 1.16 bits per heavy atom. The average Bonchev–Trinajstić information content (AvgIpc) is 3.37. The number of rotatable bonds is 2. The van der Waals surface area contributed by atoms with Gasteiger partial charge in [-0.15, -0.1) is 0 Å². The number of carbonyl (C=O) groups excluding carboxylic acids is 3. The lowest BCUT2D eigenvalue weighted by atomic mass is 9.55. The van der Waals surface area contributed by atoms with Crippen LogP contribution >= 0.6 is 0 Å². The quantitative estimate of drug-likeness (QED) is 0.281. The number of benzene rings is 5. The Balaban J connectivity index is 1.70. The first-order chi connectivity index (χ1) is 18.6. The van der Waals surface area contributed by atoms with Crippen LogP contribution in [0.5, 0.6) is 0 Å². The van der Waals surface area contributed by atoms with Crippen LogP contribution in [0.4, 0.5) is 0 Å². The van der Waals surface area contributed by atoms with Gasteiger partial charge in [0.15, 0.2) is 17.3 Å². The van der Waals surface area contributed by atoms with Crippen molar-refractivity contribution in [3.05, 3.63) is 144 Å². The van der Waals surface area contributed by atoms with E-state index in [9.17, 15) is 9.59 Å². The Bertz CT molecular complexity index is 1750. The molecule has 0 aliphatic heterocycles. The van der Waals surface area contributed by atoms with Gasteiger partial charge in [-0.1, -0.05) is 109 Å². The number of fused-ring (bicyclic) bond motifs is 13. The van der Waals surface area contributed by atoms with Crippen molar-refractivity contribution in [3.63, 3.8) is 0 Å². The number of hydrogen-bond acceptors (Lipinski definition) is 3. The number of carbonyl (C=O) groups is 3. The number of hydrogen-bond donors (Lipinski definition) is 0. The molecule has 0 N–H and O–H groups in total. The molecule has 5 aromatic carbocycles. The molecule has 1 fully saturated rings. The molecule has 0 heterocycles. The fraction of sp³-hybridized carbons (Fsp3) is 0.114. The van der Waals surface area contributed by atoms with E-state index in [0.717, 1.165) is 43.8 Å². The summed E-state index contributed by atoms with van der Waals surface area (Å²) >= 11 is 0. The molecule has 1 saturated carbocycles. The molecule has 2 unspecified atom stereocenters. The Hall–Kier alpha value is -4.63. The molecule has 5 aromatic rings. The van der Waals surface area contributed by atoms with E-state index in [4.69, 9.17) is 0 Å². The standard InChI is InChI=1S/C35H22O3/c36-27-19-20-28(37)32-31(27)34(21-11-3-1-4-12-21)29-25-17-9-7-15-23(25)24-16-8-10-18-26(24)30(29)35(32,33(34)38)22-13-5-2-6-14-22/h1-20,31-32H/t31?,32?,34-,35+. The van der Waals surface area contributed by atoms with Crippen LogP contribution in [-0.4, -0.2) is 17.3 Å². The summed E-state index contributed by atoms with van der Waals surface area (Å²) in [5.41, 5.74) is 0.743. The SMILES string of the molecule is O=C1C=CC(=O)C2C1[C@]1(c3ccccc3)C(=O)[C@@]2(c2ccccc2)c2c1c1ccccc1c1ccccc21. The fourth-order valence-corrected chi connectivity index (χ4v) is 8.03. The Morgan fingerprint density at radius 2 is 0.763 bits per heavy atom. The van der Waals surface area contributed by atoms with Gasteiger partial charge in [0.2, 0.25) is 0 Å². The van der Waals surface area contributed by atoms with Crippen LogP contribution in [0.15, 0.2) is 121 Å². The first-order valence-electron chi connectivity index (χ1n) is 13.0. The van der Waals surface area contributed by atoms with Crippen LogP contribution in [0.3, 0.4) is 0 Å². The van der Waals surface area contributed by atoms with Gasteiger partial charge in [-0.3, -0.25) is 14.4 Å². The van der Waals surface area contributed by atoms with E-state index < -0.39 is 22.7 Å². The van der Waals surface area contributed by atoms with Crippen LogP contribution in [0, 0.1) is 11.8 Å². The van der Waals surface area contributed by atoms with Crippen molar-refractivity contribution in [2.75, 3.05) is 0 Å². The molecule has 0 radical (unpaired) electrons. The third-order valence-corrected chi connectivity index (χ3v) is 9.19. The van der Waals surface area contributed by atoms with Crippen molar-refractivity contribution < 1.29 is 14.4 Å². The number of allylic oxidation sites excluding steroid dienone is 2. The van der Waals surface area contributed by atoms with Crippen LogP contribution in [0.1, 0.15) is 22.3 Å². The van der Waals surface area contributed by atoms with Crippen LogP contribution in [0.25, 0.3) is 21.5 Å². The molecule has 4 atom stereocenters. The van der Waals surface area contributed by atoms with Crippen LogP contribution < -0.4 is 0 Å². The van der Waals surface area contributed by atoms with E-state index in [-0.39, 0.29) is 17.3 Å². The molecule has 0 saturated heterocycles. The molecule has 2 bridgehead atoms. The Labute approximate surface area is 219 Å². The van der Waals surface area contributed by atoms with Gasteiger partial charge in [0.05, 0.1) is 22.7 Å². The first kappa shape index (κ1) is 21.5. The van der Waals surface area contributed by atoms with Crippen molar-refractivity contribution in [1.29, 1.82) is 0 Å². The van der Waals surface area contributed by atoms with Gasteiger partial charge in [0.1, 0.15) is 0 Å². The van der Waals surface area contributed by atoms with Gasteiger partial charge in [0.25, 0.3) is 0 Å². The number of Topliss-reactive ketones (excluding diaryl/α,β-unsaturated/α-hetero) is 1. The van der Waals surface area contributed by atoms with Crippen molar-refractivity contribution in [3.8, 4) is 0 Å². The zero-order valence-electron chi connectivity index (χ0n) is 20.4. The lowest BCUT2D eigenvalue weighted by Crippen LogP contribution is -2.49. The summed E-state index contributed by atoms with van der Waals surface area (Å²) < 4.78 is 0.